The molecule has 0 spiro atoms. The molecule has 1 atom stereocenters. The van der Waals surface area contributed by atoms with Gasteiger partial charge in [-0.3, -0.25) is 0 Å². The van der Waals surface area contributed by atoms with Crippen molar-refractivity contribution in [3.63, 3.8) is 0 Å². The second-order valence-electron chi connectivity index (χ2n) is 5.41. The van der Waals surface area contributed by atoms with Crippen molar-refractivity contribution in [1.82, 2.24) is 20.4 Å². The number of aromatic nitrogens is 2. The first-order chi connectivity index (χ1) is 10.8. The van der Waals surface area contributed by atoms with Crippen molar-refractivity contribution in [1.29, 1.82) is 0 Å². The number of ether oxygens (including phenoxy) is 1. The molecule has 1 aromatic carbocycles. The lowest BCUT2D eigenvalue weighted by Crippen LogP contribution is -2.38. The van der Waals surface area contributed by atoms with E-state index in [0.717, 1.165) is 30.9 Å². The summed E-state index contributed by atoms with van der Waals surface area (Å²) in [5.41, 5.74) is 2.05. The first-order valence-electron chi connectivity index (χ1n) is 7.49. The first-order valence-corrected chi connectivity index (χ1v) is 7.49. The van der Waals surface area contributed by atoms with Crippen LogP contribution in [0.3, 0.4) is 0 Å². The van der Waals surface area contributed by atoms with Crippen LogP contribution in [0.25, 0.3) is 5.69 Å². The molecule has 116 valence electrons. The summed E-state index contributed by atoms with van der Waals surface area (Å²) in [6.45, 7) is 2.72. The van der Waals surface area contributed by atoms with E-state index in [0.29, 0.717) is 19.0 Å². The number of hydrogen-bond acceptors (Lipinski definition) is 3. The third kappa shape index (κ3) is 3.85. The van der Waals surface area contributed by atoms with Crippen LogP contribution in [-0.4, -0.2) is 35.6 Å². The van der Waals surface area contributed by atoms with Gasteiger partial charge in [-0.1, -0.05) is 12.1 Å². The molecule has 2 aromatic rings. The predicted molar refractivity (Wildman–Crippen MR) is 82.7 cm³/mol. The van der Waals surface area contributed by atoms with E-state index in [2.05, 4.69) is 15.7 Å². The molecule has 0 unspecified atom stereocenters. The molecule has 2 amide bonds. The Balaban J connectivity index is 1.43. The van der Waals surface area contributed by atoms with Gasteiger partial charge in [-0.05, 0) is 30.2 Å². The summed E-state index contributed by atoms with van der Waals surface area (Å²) >= 11 is 0. The van der Waals surface area contributed by atoms with Crippen molar-refractivity contribution < 1.29 is 9.53 Å². The van der Waals surface area contributed by atoms with Crippen LogP contribution in [0.2, 0.25) is 0 Å². The van der Waals surface area contributed by atoms with E-state index in [-0.39, 0.29) is 6.03 Å². The molecular formula is C16H20N4O2. The van der Waals surface area contributed by atoms with E-state index in [4.69, 9.17) is 4.74 Å². The fourth-order valence-electron chi connectivity index (χ4n) is 2.41. The highest BCUT2D eigenvalue weighted by molar-refractivity contribution is 5.73. The standard InChI is InChI=1S/C16H20N4O2/c21-16(18-11-14-6-9-22-12-14)17-10-13-2-4-15(5-3-13)20-8-1-7-19-20/h1-5,7-8,14H,6,9-12H2,(H2,17,18,21)/t14-/m1/s1. The number of urea groups is 1. The Hall–Kier alpha value is -2.34. The van der Waals surface area contributed by atoms with Crippen LogP contribution in [0.4, 0.5) is 4.79 Å². The highest BCUT2D eigenvalue weighted by Gasteiger charge is 2.15. The molecular weight excluding hydrogens is 280 g/mol. The molecule has 1 aliphatic heterocycles. The van der Waals surface area contributed by atoms with Crippen molar-refractivity contribution in [2.24, 2.45) is 5.92 Å². The summed E-state index contributed by atoms with van der Waals surface area (Å²) in [6, 6.07) is 9.69. The van der Waals surface area contributed by atoms with Gasteiger partial charge in [0.15, 0.2) is 0 Å². The monoisotopic (exact) mass is 300 g/mol. The number of carbonyl (C=O) groups excluding carboxylic acids is 1. The third-order valence-electron chi connectivity index (χ3n) is 3.73. The summed E-state index contributed by atoms with van der Waals surface area (Å²) in [5.74, 6) is 0.444. The van der Waals surface area contributed by atoms with E-state index >= 15 is 0 Å². The molecule has 2 N–H and O–H groups in total. The Labute approximate surface area is 129 Å². The normalized spacial score (nSPS) is 17.4. The molecule has 0 aliphatic carbocycles. The van der Waals surface area contributed by atoms with Gasteiger partial charge >= 0.3 is 6.03 Å². The zero-order valence-corrected chi connectivity index (χ0v) is 12.4. The number of amides is 2. The highest BCUT2D eigenvalue weighted by atomic mass is 16.5. The Bertz CT molecular complexity index is 589. The molecule has 1 aliphatic rings. The van der Waals surface area contributed by atoms with E-state index in [9.17, 15) is 4.79 Å². The lowest BCUT2D eigenvalue weighted by Gasteiger charge is -2.11. The smallest absolute Gasteiger partial charge is 0.315 e. The Morgan fingerprint density at radius 3 is 2.86 bits per heavy atom. The molecule has 1 fully saturated rings. The Kier molecular flexibility index (Phi) is 4.70. The highest BCUT2D eigenvalue weighted by Crippen LogP contribution is 2.10. The van der Waals surface area contributed by atoms with E-state index < -0.39 is 0 Å². The summed E-state index contributed by atoms with van der Waals surface area (Å²) in [4.78, 5) is 11.7. The van der Waals surface area contributed by atoms with E-state index in [1.165, 1.54) is 0 Å². The maximum Gasteiger partial charge on any atom is 0.315 e. The van der Waals surface area contributed by atoms with Crippen molar-refractivity contribution in [3.05, 3.63) is 48.3 Å². The maximum absolute atomic E-state index is 11.7. The van der Waals surface area contributed by atoms with Gasteiger partial charge in [0, 0.05) is 38.0 Å². The molecule has 0 bridgehead atoms. The molecule has 0 radical (unpaired) electrons. The second-order valence-corrected chi connectivity index (χ2v) is 5.41. The number of carbonyl (C=O) groups is 1. The lowest BCUT2D eigenvalue weighted by molar-refractivity contribution is 0.185. The average molecular weight is 300 g/mol. The first kappa shape index (κ1) is 14.6. The van der Waals surface area contributed by atoms with Crippen LogP contribution >= 0.6 is 0 Å². The third-order valence-corrected chi connectivity index (χ3v) is 3.73. The zero-order chi connectivity index (χ0) is 15.2. The van der Waals surface area contributed by atoms with Crippen molar-refractivity contribution in [2.45, 2.75) is 13.0 Å². The minimum Gasteiger partial charge on any atom is -0.381 e. The molecule has 3 rings (SSSR count). The minimum absolute atomic E-state index is 0.136. The molecule has 6 heteroatoms. The topological polar surface area (TPSA) is 68.2 Å². The molecule has 0 saturated carbocycles. The number of hydrogen-bond donors (Lipinski definition) is 2. The van der Waals surface area contributed by atoms with Gasteiger partial charge < -0.3 is 15.4 Å². The van der Waals surface area contributed by atoms with Gasteiger partial charge in [-0.25, -0.2) is 9.48 Å². The van der Waals surface area contributed by atoms with Crippen LogP contribution < -0.4 is 10.6 Å². The van der Waals surface area contributed by atoms with Gasteiger partial charge in [0.05, 0.1) is 12.3 Å². The SMILES string of the molecule is O=C(NCc1ccc(-n2cccn2)cc1)NC[C@H]1CCOC1. The summed E-state index contributed by atoms with van der Waals surface area (Å²) in [6.07, 6.45) is 4.66. The molecule has 2 heterocycles. The van der Waals surface area contributed by atoms with Crippen LogP contribution in [0.1, 0.15) is 12.0 Å². The Morgan fingerprint density at radius 1 is 1.32 bits per heavy atom. The van der Waals surface area contributed by atoms with Gasteiger partial charge in [0.1, 0.15) is 0 Å². The van der Waals surface area contributed by atoms with Crippen LogP contribution in [0.5, 0.6) is 0 Å². The van der Waals surface area contributed by atoms with Crippen molar-refractivity contribution in [2.75, 3.05) is 19.8 Å². The lowest BCUT2D eigenvalue weighted by atomic mass is 10.1. The molecule has 6 nitrogen and oxygen atoms in total. The van der Waals surface area contributed by atoms with Crippen LogP contribution in [-0.2, 0) is 11.3 Å². The maximum atomic E-state index is 11.7. The quantitative estimate of drug-likeness (QED) is 0.883. The molecule has 1 aromatic heterocycles. The van der Waals surface area contributed by atoms with Crippen LogP contribution in [0, 0.1) is 5.92 Å². The number of nitrogens with one attached hydrogen (secondary N) is 2. The van der Waals surface area contributed by atoms with Crippen molar-refractivity contribution in [3.8, 4) is 5.69 Å². The van der Waals surface area contributed by atoms with E-state index in [1.807, 2.05) is 36.5 Å². The van der Waals surface area contributed by atoms with Gasteiger partial charge in [0.25, 0.3) is 0 Å². The molecule has 1 saturated heterocycles. The fourth-order valence-corrected chi connectivity index (χ4v) is 2.41. The average Bonchev–Trinajstić information content (AvgIpc) is 3.24. The summed E-state index contributed by atoms with van der Waals surface area (Å²) < 4.78 is 7.08. The van der Waals surface area contributed by atoms with Crippen LogP contribution in [0.15, 0.2) is 42.7 Å². The van der Waals surface area contributed by atoms with E-state index in [1.54, 1.807) is 10.9 Å². The largest absolute Gasteiger partial charge is 0.381 e. The second kappa shape index (κ2) is 7.09. The summed E-state index contributed by atoms with van der Waals surface area (Å²) in [7, 11) is 0. The fraction of sp³-hybridized carbons (Fsp3) is 0.375. The number of nitrogens with zero attached hydrogens (tertiary/aromatic N) is 2. The Morgan fingerprint density at radius 2 is 2.18 bits per heavy atom. The zero-order valence-electron chi connectivity index (χ0n) is 12.4. The number of benzene rings is 1. The van der Waals surface area contributed by atoms with Gasteiger partial charge in [-0.15, -0.1) is 0 Å². The van der Waals surface area contributed by atoms with Crippen molar-refractivity contribution >= 4 is 6.03 Å². The molecule has 22 heavy (non-hydrogen) atoms. The number of rotatable bonds is 5. The summed E-state index contributed by atoms with van der Waals surface area (Å²) in [5, 5.41) is 9.93. The van der Waals surface area contributed by atoms with Gasteiger partial charge in [0.2, 0.25) is 0 Å². The predicted octanol–water partition coefficient (Wildman–Crippen LogP) is 1.71. The van der Waals surface area contributed by atoms with Gasteiger partial charge in [-0.2, -0.15) is 5.10 Å². The minimum atomic E-state index is -0.136.